The molecular weight excluding hydrogens is 334 g/mol. The highest BCUT2D eigenvalue weighted by atomic mass is 79.9. The van der Waals surface area contributed by atoms with Gasteiger partial charge in [0.25, 0.3) is 5.69 Å². The summed E-state index contributed by atoms with van der Waals surface area (Å²) in [6.45, 7) is 1.52. The van der Waals surface area contributed by atoms with Gasteiger partial charge in [-0.05, 0) is 25.0 Å². The molecular formula is C15H22BrN3O2. The van der Waals surface area contributed by atoms with Crippen LogP contribution < -0.4 is 10.6 Å². The molecule has 0 aliphatic heterocycles. The molecule has 1 saturated carbocycles. The number of anilines is 1. The van der Waals surface area contributed by atoms with E-state index in [1.54, 1.807) is 12.1 Å². The van der Waals surface area contributed by atoms with Crippen molar-refractivity contribution < 1.29 is 4.92 Å². The van der Waals surface area contributed by atoms with E-state index >= 15 is 0 Å². The highest BCUT2D eigenvalue weighted by Gasteiger charge is 2.14. The molecule has 5 nitrogen and oxygen atoms in total. The molecule has 2 rings (SSSR count). The predicted molar refractivity (Wildman–Crippen MR) is 88.8 cm³/mol. The normalized spacial score (nSPS) is 16.4. The average Bonchev–Trinajstić information content (AvgIpc) is 2.72. The van der Waals surface area contributed by atoms with Gasteiger partial charge < -0.3 is 10.6 Å². The van der Waals surface area contributed by atoms with Crippen molar-refractivity contribution in [3.63, 3.8) is 0 Å². The number of hydrogen-bond donors (Lipinski definition) is 2. The molecule has 1 aliphatic carbocycles. The van der Waals surface area contributed by atoms with Crippen LogP contribution in [0.4, 0.5) is 11.4 Å². The van der Waals surface area contributed by atoms with Crippen LogP contribution in [-0.4, -0.2) is 24.1 Å². The van der Waals surface area contributed by atoms with Gasteiger partial charge in [0.1, 0.15) is 5.69 Å². The minimum Gasteiger partial charge on any atom is -0.378 e. The van der Waals surface area contributed by atoms with Gasteiger partial charge in [0.2, 0.25) is 0 Å². The Hall–Kier alpha value is -1.14. The van der Waals surface area contributed by atoms with Crippen LogP contribution in [0.2, 0.25) is 0 Å². The van der Waals surface area contributed by atoms with Gasteiger partial charge in [-0.25, -0.2) is 0 Å². The van der Waals surface area contributed by atoms with Crippen LogP contribution in [0.25, 0.3) is 0 Å². The third-order valence-corrected chi connectivity index (χ3v) is 4.38. The lowest BCUT2D eigenvalue weighted by Crippen LogP contribution is -2.32. The number of rotatable bonds is 6. The number of hydrogen-bond acceptors (Lipinski definition) is 4. The molecule has 6 heteroatoms. The van der Waals surface area contributed by atoms with E-state index in [1.807, 2.05) is 0 Å². The van der Waals surface area contributed by atoms with Crippen LogP contribution in [0.1, 0.15) is 38.5 Å². The summed E-state index contributed by atoms with van der Waals surface area (Å²) in [4.78, 5) is 10.6. The molecule has 1 aliphatic rings. The second-order valence-corrected chi connectivity index (χ2v) is 6.40. The van der Waals surface area contributed by atoms with Crippen molar-refractivity contribution in [1.29, 1.82) is 0 Å². The molecule has 116 valence electrons. The standard InChI is InChI=1S/C15H22BrN3O2/c16-12-7-8-15(19(20)21)14(11-12)18-10-9-17-13-5-3-1-2-4-6-13/h7-8,11,13,17-18H,1-6,9-10H2. The zero-order chi connectivity index (χ0) is 15.1. The molecule has 0 unspecified atom stereocenters. The Morgan fingerprint density at radius 3 is 2.57 bits per heavy atom. The summed E-state index contributed by atoms with van der Waals surface area (Å²) in [5.41, 5.74) is 0.685. The Kier molecular flexibility index (Phi) is 6.45. The van der Waals surface area contributed by atoms with Gasteiger partial charge in [-0.1, -0.05) is 41.6 Å². The number of halogens is 1. The highest BCUT2D eigenvalue weighted by molar-refractivity contribution is 9.10. The van der Waals surface area contributed by atoms with E-state index in [1.165, 1.54) is 44.6 Å². The summed E-state index contributed by atoms with van der Waals surface area (Å²) in [5.74, 6) is 0. The molecule has 0 aromatic heterocycles. The molecule has 0 heterocycles. The first-order valence-corrected chi connectivity index (χ1v) is 8.37. The van der Waals surface area contributed by atoms with E-state index in [4.69, 9.17) is 0 Å². The lowest BCUT2D eigenvalue weighted by atomic mass is 10.1. The van der Waals surface area contributed by atoms with Gasteiger partial charge in [-0.2, -0.15) is 0 Å². The third-order valence-electron chi connectivity index (χ3n) is 3.88. The van der Waals surface area contributed by atoms with Gasteiger partial charge in [0.05, 0.1) is 4.92 Å². The van der Waals surface area contributed by atoms with Crippen LogP contribution in [0, 0.1) is 10.1 Å². The van der Waals surface area contributed by atoms with E-state index in [2.05, 4.69) is 26.6 Å². The molecule has 21 heavy (non-hydrogen) atoms. The summed E-state index contributed by atoms with van der Waals surface area (Å²) in [6.07, 6.45) is 7.81. The zero-order valence-corrected chi connectivity index (χ0v) is 13.7. The van der Waals surface area contributed by atoms with Crippen molar-refractivity contribution in [1.82, 2.24) is 5.32 Å². The first kappa shape index (κ1) is 16.2. The molecule has 0 radical (unpaired) electrons. The summed E-state index contributed by atoms with van der Waals surface area (Å²) >= 11 is 3.35. The number of nitrogens with zero attached hydrogens (tertiary/aromatic N) is 1. The van der Waals surface area contributed by atoms with Gasteiger partial charge >= 0.3 is 0 Å². The molecule has 0 amide bonds. The topological polar surface area (TPSA) is 67.2 Å². The second-order valence-electron chi connectivity index (χ2n) is 5.49. The van der Waals surface area contributed by atoms with E-state index in [-0.39, 0.29) is 10.6 Å². The third kappa shape index (κ3) is 5.28. The molecule has 1 aromatic carbocycles. The smallest absolute Gasteiger partial charge is 0.292 e. The maximum atomic E-state index is 11.0. The van der Waals surface area contributed by atoms with Crippen LogP contribution in [0.15, 0.2) is 22.7 Å². The summed E-state index contributed by atoms with van der Waals surface area (Å²) in [5, 5.41) is 17.7. The van der Waals surface area contributed by atoms with Crippen molar-refractivity contribution in [2.24, 2.45) is 0 Å². The Balaban J connectivity index is 1.80. The Labute approximate surface area is 133 Å². The quantitative estimate of drug-likeness (QED) is 0.349. The summed E-state index contributed by atoms with van der Waals surface area (Å²) < 4.78 is 0.840. The lowest BCUT2D eigenvalue weighted by Gasteiger charge is -2.16. The predicted octanol–water partition coefficient (Wildman–Crippen LogP) is 4.08. The molecule has 0 saturated heterocycles. The van der Waals surface area contributed by atoms with Crippen molar-refractivity contribution in [3.8, 4) is 0 Å². The molecule has 0 bridgehead atoms. The number of nitrogens with one attached hydrogen (secondary N) is 2. The fourth-order valence-electron chi connectivity index (χ4n) is 2.77. The van der Waals surface area contributed by atoms with Crippen molar-refractivity contribution >= 4 is 27.3 Å². The first-order chi connectivity index (χ1) is 10.2. The maximum Gasteiger partial charge on any atom is 0.292 e. The van der Waals surface area contributed by atoms with Crippen LogP contribution in [0.3, 0.4) is 0 Å². The van der Waals surface area contributed by atoms with E-state index in [0.717, 1.165) is 11.0 Å². The minimum atomic E-state index is -0.354. The molecule has 1 aromatic rings. The van der Waals surface area contributed by atoms with Crippen molar-refractivity contribution in [2.45, 2.75) is 44.6 Å². The number of benzene rings is 1. The van der Waals surface area contributed by atoms with Gasteiger partial charge in [-0.15, -0.1) is 0 Å². The van der Waals surface area contributed by atoms with Gasteiger partial charge in [0, 0.05) is 29.7 Å². The van der Waals surface area contributed by atoms with Crippen molar-refractivity contribution in [2.75, 3.05) is 18.4 Å². The molecule has 1 fully saturated rings. The van der Waals surface area contributed by atoms with Gasteiger partial charge in [0.15, 0.2) is 0 Å². The highest BCUT2D eigenvalue weighted by Crippen LogP contribution is 2.27. The second kappa shape index (κ2) is 8.34. The fraction of sp³-hybridized carbons (Fsp3) is 0.600. The largest absolute Gasteiger partial charge is 0.378 e. The summed E-state index contributed by atoms with van der Waals surface area (Å²) in [7, 11) is 0. The van der Waals surface area contributed by atoms with E-state index in [9.17, 15) is 10.1 Å². The Morgan fingerprint density at radius 1 is 1.19 bits per heavy atom. The van der Waals surface area contributed by atoms with Crippen LogP contribution in [-0.2, 0) is 0 Å². The van der Waals surface area contributed by atoms with E-state index < -0.39 is 0 Å². The molecule has 0 atom stereocenters. The van der Waals surface area contributed by atoms with Crippen LogP contribution >= 0.6 is 15.9 Å². The zero-order valence-electron chi connectivity index (χ0n) is 12.1. The molecule has 0 spiro atoms. The average molecular weight is 356 g/mol. The fourth-order valence-corrected chi connectivity index (χ4v) is 3.13. The van der Waals surface area contributed by atoms with Gasteiger partial charge in [-0.3, -0.25) is 10.1 Å². The van der Waals surface area contributed by atoms with Crippen molar-refractivity contribution in [3.05, 3.63) is 32.8 Å². The number of nitro benzene ring substituents is 1. The maximum absolute atomic E-state index is 11.0. The summed E-state index contributed by atoms with van der Waals surface area (Å²) in [6, 6.07) is 5.56. The Bertz CT molecular complexity index is 474. The first-order valence-electron chi connectivity index (χ1n) is 7.58. The SMILES string of the molecule is O=[N+]([O-])c1ccc(Br)cc1NCCNC1CCCCCC1. The van der Waals surface area contributed by atoms with Crippen LogP contribution in [0.5, 0.6) is 0 Å². The monoisotopic (exact) mass is 355 g/mol. The molecule has 2 N–H and O–H groups in total. The van der Waals surface area contributed by atoms with E-state index in [0.29, 0.717) is 18.3 Å². The minimum absolute atomic E-state index is 0.118. The number of nitro groups is 1. The lowest BCUT2D eigenvalue weighted by molar-refractivity contribution is -0.384. The Morgan fingerprint density at radius 2 is 1.90 bits per heavy atom.